The molecule has 5 nitrogen and oxygen atoms in total. The largest absolute Gasteiger partial charge is 0.377 e. The second-order valence-electron chi connectivity index (χ2n) is 22.1. The van der Waals surface area contributed by atoms with Gasteiger partial charge in [0.1, 0.15) is 16.1 Å². The molecule has 0 aliphatic carbocycles. The van der Waals surface area contributed by atoms with Crippen molar-refractivity contribution in [1.82, 2.24) is 15.0 Å². The van der Waals surface area contributed by atoms with E-state index in [4.69, 9.17) is 24.4 Å². The topological polar surface area (TPSA) is 57.1 Å². The molecule has 390 valence electrons. The average molecular weight is 1020 g/mol. The van der Waals surface area contributed by atoms with Crippen molar-refractivity contribution in [1.29, 1.82) is 0 Å². The number of nitrogens with zero attached hydrogens (tertiary/aromatic N) is 3. The molecular weight excluding hydrogens is 935 g/mol. The summed E-state index contributed by atoms with van der Waals surface area (Å²) in [6.45, 7) is 35.4. The van der Waals surface area contributed by atoms with Crippen LogP contribution in [0.5, 0.6) is 0 Å². The fraction of sp³-hybridized carbons (Fsp3) is 0.478. The summed E-state index contributed by atoms with van der Waals surface area (Å²) in [6, 6.07) is 26.9. The van der Waals surface area contributed by atoms with Gasteiger partial charge in [0.25, 0.3) is 0 Å². The molecule has 0 radical (unpaired) electrons. The van der Waals surface area contributed by atoms with Crippen LogP contribution >= 0.6 is 0 Å². The van der Waals surface area contributed by atoms with Gasteiger partial charge in [-0.3, -0.25) is 9.97 Å². The first kappa shape index (κ1) is 59.4. The number of hydrogen-bond donors (Lipinski definition) is 0. The molecule has 3 aromatic heterocycles. The molecule has 0 fully saturated rings. The molecule has 0 atom stereocenters. The number of rotatable bonds is 22. The van der Waals surface area contributed by atoms with E-state index in [-0.39, 0.29) is 0 Å². The number of unbranched alkanes of at least 4 members (excludes halogenated alkanes) is 6. The van der Waals surface area contributed by atoms with Crippen molar-refractivity contribution in [2.24, 2.45) is 0 Å². The Bertz CT molecular complexity index is 2580. The molecule has 74 heavy (non-hydrogen) atoms. The van der Waals surface area contributed by atoms with Gasteiger partial charge >= 0.3 is 0 Å². The van der Waals surface area contributed by atoms with Gasteiger partial charge in [-0.05, 0) is 130 Å². The summed E-state index contributed by atoms with van der Waals surface area (Å²) in [5, 5.41) is 0. The molecule has 0 aliphatic rings. The lowest BCUT2D eigenvalue weighted by Gasteiger charge is -2.38. The van der Waals surface area contributed by atoms with Crippen LogP contribution in [-0.4, -0.2) is 44.3 Å². The van der Waals surface area contributed by atoms with E-state index in [9.17, 15) is 0 Å². The van der Waals surface area contributed by atoms with Gasteiger partial charge in [-0.15, -0.1) is 11.1 Å². The smallest absolute Gasteiger partial charge is 0.146 e. The molecule has 0 N–H and O–H groups in total. The third-order valence-electron chi connectivity index (χ3n) is 14.9. The standard InChI is InChI=1S/C67H87N3O2Si2/c1-15-17-19-21-36-71-48-62-42-58(40-60(44-62)34-38-73(50(3)4,51(5)6)52(7)8)28-26-56-30-32-64(68-46-56)66-24-23-25-67(70-66)65-33-31-57(47-69-65)27-29-59-41-61(35-39-74(53(9)10,54(11)12)55(13)14)45-63(43-59)49-72-37-22-20-18-16-2/h23-25,30-33,40-47,50-55H,15-22,36-37,48-49H2,1-14H3. The highest BCUT2D eigenvalue weighted by Gasteiger charge is 2.42. The van der Waals surface area contributed by atoms with Crippen LogP contribution in [0.4, 0.5) is 0 Å². The van der Waals surface area contributed by atoms with Gasteiger partial charge in [-0.2, -0.15) is 0 Å². The maximum atomic E-state index is 6.16. The zero-order valence-electron chi connectivity index (χ0n) is 47.8. The highest BCUT2D eigenvalue weighted by atomic mass is 28.3. The van der Waals surface area contributed by atoms with Crippen molar-refractivity contribution < 1.29 is 9.47 Å². The lowest BCUT2D eigenvalue weighted by atomic mass is 10.1. The van der Waals surface area contributed by atoms with E-state index < -0.39 is 16.1 Å². The highest BCUT2D eigenvalue weighted by molar-refractivity contribution is 6.91. The van der Waals surface area contributed by atoms with Crippen molar-refractivity contribution >= 4 is 16.1 Å². The SMILES string of the molecule is CCCCCCOCc1cc(C#Cc2ccc(-c3cccc(-c4ccc(C#Cc5cc(C#C[Si](C(C)C)(C(C)C)C(C)C)cc(COCCCCCC)c5)cn4)n3)nc2)cc(C#C[Si](C(C)C)(C(C)C)C(C)C)c1. The molecule has 0 saturated heterocycles. The molecule has 5 rings (SSSR count). The minimum absolute atomic E-state index is 0.549. The second-order valence-corrected chi connectivity index (χ2v) is 33.3. The number of pyridine rings is 3. The quantitative estimate of drug-likeness (QED) is 0.0393. The summed E-state index contributed by atoms with van der Waals surface area (Å²) in [5.41, 5.74) is 22.0. The lowest BCUT2D eigenvalue weighted by molar-refractivity contribution is 0.116. The Morgan fingerprint density at radius 2 is 0.743 bits per heavy atom. The average Bonchev–Trinajstić information content (AvgIpc) is 3.37. The Labute approximate surface area is 451 Å². The van der Waals surface area contributed by atoms with Gasteiger partial charge in [-0.25, -0.2) is 4.98 Å². The van der Waals surface area contributed by atoms with Crippen LogP contribution in [0, 0.1) is 46.6 Å². The van der Waals surface area contributed by atoms with E-state index in [1.165, 1.54) is 38.5 Å². The third-order valence-corrected chi connectivity index (χ3v) is 27.5. The molecule has 3 heterocycles. The Morgan fingerprint density at radius 3 is 1.07 bits per heavy atom. The Hall–Kier alpha value is -5.52. The Kier molecular flexibility index (Phi) is 23.7. The van der Waals surface area contributed by atoms with Crippen molar-refractivity contribution in [3.63, 3.8) is 0 Å². The highest BCUT2D eigenvalue weighted by Crippen LogP contribution is 2.42. The summed E-state index contributed by atoms with van der Waals surface area (Å²) in [5.74, 6) is 20.9. The number of hydrogen-bond acceptors (Lipinski definition) is 5. The normalized spacial score (nSPS) is 11.6. The Balaban J connectivity index is 1.35. The van der Waals surface area contributed by atoms with Crippen LogP contribution in [-0.2, 0) is 22.7 Å². The minimum atomic E-state index is -1.91. The molecule has 0 saturated carbocycles. The van der Waals surface area contributed by atoms with Crippen LogP contribution in [0.25, 0.3) is 22.8 Å². The zero-order chi connectivity index (χ0) is 53.7. The molecule has 0 bridgehead atoms. The molecular formula is C67H87N3O2Si2. The first-order valence-electron chi connectivity index (χ1n) is 28.0. The maximum Gasteiger partial charge on any atom is 0.146 e. The van der Waals surface area contributed by atoms with E-state index in [0.717, 1.165) is 93.3 Å². The minimum Gasteiger partial charge on any atom is -0.377 e. The molecule has 0 aliphatic heterocycles. The number of ether oxygens (including phenoxy) is 2. The van der Waals surface area contributed by atoms with Crippen LogP contribution in [0.2, 0.25) is 33.2 Å². The summed E-state index contributed by atoms with van der Waals surface area (Å²) in [4.78, 5) is 14.6. The van der Waals surface area contributed by atoms with Crippen molar-refractivity contribution in [2.75, 3.05) is 13.2 Å². The van der Waals surface area contributed by atoms with Crippen molar-refractivity contribution in [3.8, 4) is 69.4 Å². The first-order valence-corrected chi connectivity index (χ1v) is 32.4. The predicted octanol–water partition coefficient (Wildman–Crippen LogP) is 17.3. The van der Waals surface area contributed by atoms with E-state index in [1.54, 1.807) is 0 Å². The van der Waals surface area contributed by atoms with E-state index in [2.05, 4.69) is 180 Å². The van der Waals surface area contributed by atoms with Crippen LogP contribution in [0.15, 0.2) is 91.3 Å². The molecule has 0 amide bonds. The van der Waals surface area contributed by atoms with Gasteiger partial charge in [0.15, 0.2) is 0 Å². The van der Waals surface area contributed by atoms with Gasteiger partial charge < -0.3 is 9.47 Å². The fourth-order valence-corrected chi connectivity index (χ4v) is 21.4. The number of benzene rings is 2. The van der Waals surface area contributed by atoms with Crippen LogP contribution in [0.3, 0.4) is 0 Å². The fourth-order valence-electron chi connectivity index (χ4n) is 11.0. The zero-order valence-corrected chi connectivity index (χ0v) is 49.8. The van der Waals surface area contributed by atoms with E-state index in [1.807, 2.05) is 54.9 Å². The van der Waals surface area contributed by atoms with Crippen molar-refractivity contribution in [3.05, 3.63) is 136 Å². The van der Waals surface area contributed by atoms with Crippen LogP contribution < -0.4 is 0 Å². The first-order chi connectivity index (χ1) is 35.5. The van der Waals surface area contributed by atoms with E-state index >= 15 is 0 Å². The molecule has 5 aromatic rings. The molecule has 0 spiro atoms. The molecule has 0 unspecified atom stereocenters. The van der Waals surface area contributed by atoms with E-state index in [0.29, 0.717) is 46.5 Å². The Morgan fingerprint density at radius 1 is 0.392 bits per heavy atom. The predicted molar refractivity (Wildman–Crippen MR) is 319 cm³/mol. The maximum absolute atomic E-state index is 6.16. The number of aromatic nitrogens is 3. The molecule has 7 heteroatoms. The monoisotopic (exact) mass is 1020 g/mol. The van der Waals surface area contributed by atoms with Gasteiger partial charge in [0.05, 0.1) is 36.0 Å². The second kappa shape index (κ2) is 29.5. The summed E-state index contributed by atoms with van der Waals surface area (Å²) in [7, 11) is -3.82. The lowest BCUT2D eigenvalue weighted by Crippen LogP contribution is -2.43. The summed E-state index contributed by atoms with van der Waals surface area (Å²) >= 11 is 0. The van der Waals surface area contributed by atoms with Crippen LogP contribution in [0.1, 0.15) is 193 Å². The van der Waals surface area contributed by atoms with Gasteiger partial charge in [0, 0.05) is 59.0 Å². The van der Waals surface area contributed by atoms with Crippen molar-refractivity contribution in [2.45, 2.75) is 195 Å². The van der Waals surface area contributed by atoms with Gasteiger partial charge in [0.2, 0.25) is 0 Å². The summed E-state index contributed by atoms with van der Waals surface area (Å²) in [6.07, 6.45) is 13.1. The third kappa shape index (κ3) is 16.7. The molecule has 2 aromatic carbocycles. The summed E-state index contributed by atoms with van der Waals surface area (Å²) < 4.78 is 12.3. The van der Waals surface area contributed by atoms with Gasteiger partial charge in [-0.1, -0.05) is 177 Å².